The Kier molecular flexibility index (Phi) is 6.86. The lowest BCUT2D eigenvalue weighted by Crippen LogP contribution is -2.44. The number of benzene rings is 1. The Hall–Kier alpha value is -2.35. The van der Waals surface area contributed by atoms with E-state index in [1.165, 1.54) is 17.1 Å². The van der Waals surface area contributed by atoms with Crippen molar-refractivity contribution in [2.75, 3.05) is 32.7 Å². The van der Waals surface area contributed by atoms with Crippen LogP contribution in [0, 0.1) is 11.7 Å². The van der Waals surface area contributed by atoms with Gasteiger partial charge in [0.15, 0.2) is 0 Å². The van der Waals surface area contributed by atoms with Crippen molar-refractivity contribution in [3.63, 3.8) is 0 Å². The number of rotatable bonds is 8. The van der Waals surface area contributed by atoms with Crippen LogP contribution in [-0.2, 0) is 17.8 Å². The molecule has 0 bridgehead atoms. The zero-order chi connectivity index (χ0) is 19.1. The first-order valence-corrected chi connectivity index (χ1v) is 9.59. The third-order valence-corrected chi connectivity index (χ3v) is 5.11. The molecule has 3 rings (SSSR count). The van der Waals surface area contributed by atoms with E-state index in [-0.39, 0.29) is 18.3 Å². The zero-order valence-electron chi connectivity index (χ0n) is 15.8. The summed E-state index contributed by atoms with van der Waals surface area (Å²) in [5.74, 6) is 0.328. The second-order valence-corrected chi connectivity index (χ2v) is 7.13. The zero-order valence-corrected chi connectivity index (χ0v) is 15.8. The van der Waals surface area contributed by atoms with Gasteiger partial charge in [-0.05, 0) is 66.8 Å². The molecule has 1 aliphatic heterocycles. The molecule has 0 saturated carbocycles. The lowest BCUT2D eigenvalue weighted by Gasteiger charge is -2.35. The summed E-state index contributed by atoms with van der Waals surface area (Å²) in [6.45, 7) is 6.58. The number of piperidine rings is 1. The Morgan fingerprint density at radius 1 is 1.41 bits per heavy atom. The molecule has 1 saturated heterocycles. The highest BCUT2D eigenvalue weighted by Crippen LogP contribution is 2.18. The SMILES string of the molecule is CCN(C[C@@H]1CCCN(CCc2cccc(F)c2)C1)C(=O)Cn1cnnn1. The van der Waals surface area contributed by atoms with E-state index in [1.807, 2.05) is 17.9 Å². The van der Waals surface area contributed by atoms with Crippen LogP contribution in [0.3, 0.4) is 0 Å². The fourth-order valence-corrected chi connectivity index (χ4v) is 3.69. The van der Waals surface area contributed by atoms with Gasteiger partial charge >= 0.3 is 0 Å². The third-order valence-electron chi connectivity index (χ3n) is 5.11. The summed E-state index contributed by atoms with van der Waals surface area (Å²) in [4.78, 5) is 16.8. The van der Waals surface area contributed by atoms with Gasteiger partial charge in [0.05, 0.1) is 0 Å². The normalized spacial score (nSPS) is 17.8. The van der Waals surface area contributed by atoms with Crippen LogP contribution in [0.25, 0.3) is 0 Å². The van der Waals surface area contributed by atoms with E-state index < -0.39 is 0 Å². The minimum Gasteiger partial charge on any atom is -0.341 e. The number of aromatic nitrogens is 4. The second kappa shape index (κ2) is 9.55. The Balaban J connectivity index is 1.48. The number of carbonyl (C=O) groups is 1. The van der Waals surface area contributed by atoms with E-state index in [0.29, 0.717) is 12.5 Å². The van der Waals surface area contributed by atoms with E-state index >= 15 is 0 Å². The van der Waals surface area contributed by atoms with Gasteiger partial charge in [0.1, 0.15) is 18.7 Å². The minimum absolute atomic E-state index is 0.0432. The number of halogens is 1. The van der Waals surface area contributed by atoms with E-state index in [2.05, 4.69) is 20.4 Å². The third kappa shape index (κ3) is 5.82. The van der Waals surface area contributed by atoms with Gasteiger partial charge in [-0.3, -0.25) is 4.79 Å². The second-order valence-electron chi connectivity index (χ2n) is 7.13. The van der Waals surface area contributed by atoms with Crippen LogP contribution in [0.5, 0.6) is 0 Å². The van der Waals surface area contributed by atoms with Crippen molar-refractivity contribution in [3.05, 3.63) is 42.0 Å². The lowest BCUT2D eigenvalue weighted by atomic mass is 9.97. The van der Waals surface area contributed by atoms with Gasteiger partial charge in [0.25, 0.3) is 0 Å². The monoisotopic (exact) mass is 374 g/mol. The Morgan fingerprint density at radius 3 is 3.04 bits per heavy atom. The van der Waals surface area contributed by atoms with Crippen molar-refractivity contribution >= 4 is 5.91 Å². The number of hydrogen-bond acceptors (Lipinski definition) is 5. The molecule has 27 heavy (non-hydrogen) atoms. The van der Waals surface area contributed by atoms with Crippen LogP contribution in [0.4, 0.5) is 4.39 Å². The largest absolute Gasteiger partial charge is 0.341 e. The maximum Gasteiger partial charge on any atom is 0.244 e. The summed E-state index contributed by atoms with van der Waals surface area (Å²) < 4.78 is 14.8. The van der Waals surface area contributed by atoms with Gasteiger partial charge in [-0.25, -0.2) is 9.07 Å². The average Bonchev–Trinajstić information content (AvgIpc) is 3.18. The maximum absolute atomic E-state index is 13.3. The Bertz CT molecular complexity index is 723. The predicted octanol–water partition coefficient (Wildman–Crippen LogP) is 1.62. The fourth-order valence-electron chi connectivity index (χ4n) is 3.69. The number of hydrogen-bond donors (Lipinski definition) is 0. The Labute approximate surface area is 159 Å². The highest BCUT2D eigenvalue weighted by molar-refractivity contribution is 5.75. The number of carbonyl (C=O) groups excluding carboxylic acids is 1. The molecule has 0 unspecified atom stereocenters. The lowest BCUT2D eigenvalue weighted by molar-refractivity contribution is -0.132. The van der Waals surface area contributed by atoms with Crippen molar-refractivity contribution in [2.24, 2.45) is 5.92 Å². The molecule has 1 aliphatic rings. The molecule has 2 heterocycles. The molecule has 8 heteroatoms. The molecule has 2 aromatic rings. The van der Waals surface area contributed by atoms with Crippen LogP contribution in [0.15, 0.2) is 30.6 Å². The summed E-state index contributed by atoms with van der Waals surface area (Å²) in [6, 6.07) is 6.82. The molecule has 1 fully saturated rings. The van der Waals surface area contributed by atoms with Gasteiger partial charge in [-0.2, -0.15) is 0 Å². The van der Waals surface area contributed by atoms with Crippen LogP contribution >= 0.6 is 0 Å². The standard InChI is InChI=1S/C19H27FN6O/c1-2-25(19(27)14-26-15-21-22-23-26)13-17-6-4-9-24(12-17)10-8-16-5-3-7-18(20)11-16/h3,5,7,11,15,17H,2,4,6,8-10,12-14H2,1H3/t17-/m1/s1. The van der Waals surface area contributed by atoms with Crippen molar-refractivity contribution < 1.29 is 9.18 Å². The number of amides is 1. The first kappa shape index (κ1) is 19.4. The summed E-state index contributed by atoms with van der Waals surface area (Å²) in [5, 5.41) is 10.9. The van der Waals surface area contributed by atoms with Gasteiger partial charge < -0.3 is 9.80 Å². The molecule has 146 valence electrons. The van der Waals surface area contributed by atoms with Gasteiger partial charge in [0.2, 0.25) is 5.91 Å². The van der Waals surface area contributed by atoms with Crippen LogP contribution in [0.2, 0.25) is 0 Å². The molecule has 1 aromatic carbocycles. The topological polar surface area (TPSA) is 67.2 Å². The van der Waals surface area contributed by atoms with E-state index in [9.17, 15) is 9.18 Å². The first-order valence-electron chi connectivity index (χ1n) is 9.59. The number of nitrogens with zero attached hydrogens (tertiary/aromatic N) is 6. The Morgan fingerprint density at radius 2 is 2.30 bits per heavy atom. The van der Waals surface area contributed by atoms with Crippen LogP contribution in [0.1, 0.15) is 25.3 Å². The quantitative estimate of drug-likeness (QED) is 0.702. The maximum atomic E-state index is 13.3. The molecule has 1 atom stereocenters. The predicted molar refractivity (Wildman–Crippen MR) is 99.3 cm³/mol. The van der Waals surface area contributed by atoms with Crippen molar-refractivity contribution in [1.29, 1.82) is 0 Å². The molecule has 0 spiro atoms. The smallest absolute Gasteiger partial charge is 0.244 e. The van der Waals surface area contributed by atoms with Gasteiger partial charge in [-0.15, -0.1) is 5.10 Å². The van der Waals surface area contributed by atoms with Crippen LogP contribution in [-0.4, -0.2) is 68.6 Å². The number of likely N-dealkylation sites (N-methyl/N-ethyl adjacent to an activating group) is 1. The molecule has 0 N–H and O–H groups in total. The van der Waals surface area contributed by atoms with Gasteiger partial charge in [0, 0.05) is 26.2 Å². The van der Waals surface area contributed by atoms with Crippen LogP contribution < -0.4 is 0 Å². The average molecular weight is 374 g/mol. The van der Waals surface area contributed by atoms with Crippen molar-refractivity contribution in [3.8, 4) is 0 Å². The summed E-state index contributed by atoms with van der Waals surface area (Å²) >= 11 is 0. The highest BCUT2D eigenvalue weighted by Gasteiger charge is 2.23. The molecule has 7 nitrogen and oxygen atoms in total. The highest BCUT2D eigenvalue weighted by atomic mass is 19.1. The number of tetrazole rings is 1. The molecule has 1 amide bonds. The number of likely N-dealkylation sites (tertiary alicyclic amines) is 1. The molecule has 0 aliphatic carbocycles. The van der Waals surface area contributed by atoms with E-state index in [0.717, 1.165) is 51.0 Å². The molecule has 0 radical (unpaired) electrons. The van der Waals surface area contributed by atoms with Gasteiger partial charge in [-0.1, -0.05) is 12.1 Å². The van der Waals surface area contributed by atoms with Crippen molar-refractivity contribution in [1.82, 2.24) is 30.0 Å². The molecule has 1 aromatic heterocycles. The molecular weight excluding hydrogens is 347 g/mol. The summed E-state index contributed by atoms with van der Waals surface area (Å²) in [5.41, 5.74) is 1.03. The minimum atomic E-state index is -0.177. The van der Waals surface area contributed by atoms with E-state index in [4.69, 9.17) is 0 Å². The van der Waals surface area contributed by atoms with Crippen molar-refractivity contribution in [2.45, 2.75) is 32.7 Å². The first-order chi connectivity index (χ1) is 13.1. The van der Waals surface area contributed by atoms with E-state index in [1.54, 1.807) is 12.1 Å². The summed E-state index contributed by atoms with van der Waals surface area (Å²) in [6.07, 6.45) is 4.57. The summed E-state index contributed by atoms with van der Waals surface area (Å²) in [7, 11) is 0. The fraction of sp³-hybridized carbons (Fsp3) is 0.579. The molecular formula is C19H27FN6O.